The molecule has 0 aliphatic carbocycles. The van der Waals surface area contributed by atoms with Crippen LogP contribution in [-0.2, 0) is 6.42 Å². The van der Waals surface area contributed by atoms with E-state index in [1.54, 1.807) is 13.0 Å². The summed E-state index contributed by atoms with van der Waals surface area (Å²) in [4.78, 5) is 41.2. The molecule has 1 amide bonds. The number of benzene rings is 2. The smallest absolute Gasteiger partial charge is 0.268 e. The fraction of sp³-hybridized carbons (Fsp3) is 0.0769. The Morgan fingerprint density at radius 3 is 2.44 bits per heavy atom. The molecule has 0 saturated heterocycles. The van der Waals surface area contributed by atoms with Gasteiger partial charge in [-0.1, -0.05) is 17.7 Å². The summed E-state index contributed by atoms with van der Waals surface area (Å²) >= 11 is 6.06. The lowest BCUT2D eigenvalue weighted by Gasteiger charge is -2.12. The molecule has 0 bridgehead atoms. The highest BCUT2D eigenvalue weighted by Gasteiger charge is 2.19. The Bertz CT molecular complexity index is 1550. The molecule has 36 heavy (non-hydrogen) atoms. The fourth-order valence-corrected chi connectivity index (χ4v) is 3.82. The first-order valence-electron chi connectivity index (χ1n) is 10.6. The first-order valence-corrected chi connectivity index (χ1v) is 11.0. The van der Waals surface area contributed by atoms with Crippen LogP contribution < -0.4 is 16.0 Å². The Balaban J connectivity index is 1.58. The van der Waals surface area contributed by atoms with Gasteiger partial charge in [0.15, 0.2) is 17.3 Å². The number of carbonyl (C=O) groups excluding carboxylic acids is 2. The first-order chi connectivity index (χ1) is 17.2. The molecule has 0 fully saturated rings. The second-order valence-electron chi connectivity index (χ2n) is 7.83. The molecular formula is C26H18ClF2N3O4. The Hall–Kier alpha value is -4.37. The van der Waals surface area contributed by atoms with Gasteiger partial charge in [-0.05, 0) is 60.5 Å². The normalized spacial score (nSPS) is 10.8. The van der Waals surface area contributed by atoms with Crippen LogP contribution in [0.5, 0.6) is 11.5 Å². The molecule has 2 aromatic carbocycles. The van der Waals surface area contributed by atoms with Crippen LogP contribution in [0.3, 0.4) is 0 Å². The van der Waals surface area contributed by atoms with Crippen molar-refractivity contribution in [1.29, 1.82) is 0 Å². The minimum Gasteiger partial charge on any atom is -0.453 e. The average molecular weight is 510 g/mol. The summed E-state index contributed by atoms with van der Waals surface area (Å²) in [6, 6.07) is 12.1. The second kappa shape index (κ2) is 10.1. The van der Waals surface area contributed by atoms with E-state index < -0.39 is 28.9 Å². The summed E-state index contributed by atoms with van der Waals surface area (Å²) in [5, 5.41) is -0.166. The van der Waals surface area contributed by atoms with Gasteiger partial charge in [-0.25, -0.2) is 13.8 Å². The molecule has 0 aliphatic rings. The van der Waals surface area contributed by atoms with E-state index in [-0.39, 0.29) is 34.2 Å². The van der Waals surface area contributed by atoms with Gasteiger partial charge in [-0.2, -0.15) is 0 Å². The number of Topliss-reactive ketones (excluding diaryl/α,β-unsaturated/α-hetero) is 1. The summed E-state index contributed by atoms with van der Waals surface area (Å²) in [5.41, 5.74) is 5.53. The number of pyridine rings is 2. The number of ketones is 1. The van der Waals surface area contributed by atoms with Crippen LogP contribution in [0.1, 0.15) is 32.0 Å². The highest BCUT2D eigenvalue weighted by molar-refractivity contribution is 6.34. The number of aromatic nitrogens is 2. The van der Waals surface area contributed by atoms with Crippen LogP contribution >= 0.6 is 11.6 Å². The van der Waals surface area contributed by atoms with Gasteiger partial charge in [-0.15, -0.1) is 0 Å². The summed E-state index contributed by atoms with van der Waals surface area (Å²) in [6.45, 7) is 1.62. The Morgan fingerprint density at radius 2 is 1.78 bits per heavy atom. The van der Waals surface area contributed by atoms with Crippen molar-refractivity contribution in [3.63, 3.8) is 0 Å². The molecule has 4 rings (SSSR count). The Kier molecular flexibility index (Phi) is 6.93. The third kappa shape index (κ3) is 5.01. The summed E-state index contributed by atoms with van der Waals surface area (Å²) in [6.07, 6.45) is 2.50. The molecule has 2 N–H and O–H groups in total. The number of nitrogens with two attached hydrogens (primary N) is 1. The Morgan fingerprint density at radius 1 is 1.06 bits per heavy atom. The molecule has 2 aromatic heterocycles. The third-order valence-corrected chi connectivity index (χ3v) is 5.72. The number of hydrogen-bond acceptors (Lipinski definition) is 5. The van der Waals surface area contributed by atoms with Gasteiger partial charge >= 0.3 is 0 Å². The molecule has 7 nitrogen and oxygen atoms in total. The van der Waals surface area contributed by atoms with Gasteiger partial charge < -0.3 is 10.5 Å². The van der Waals surface area contributed by atoms with Crippen LogP contribution in [0.4, 0.5) is 8.78 Å². The maximum Gasteiger partial charge on any atom is 0.268 e. The van der Waals surface area contributed by atoms with E-state index in [1.807, 2.05) is 0 Å². The standard InChI is InChI=1S/C26H18ClF2N3O4/c1-14-9-11-32(17-5-3-16(28)4-6-17)26(35)22(14)19(33)13-15-2-7-20(18(29)12-15)36-21-8-10-31-24(23(21)27)25(30)34/h2-12H,13H2,1H3,(H2,30,34). The number of halogens is 3. The lowest BCUT2D eigenvalue weighted by molar-refractivity contribution is 0.0984. The molecule has 0 saturated carbocycles. The lowest BCUT2D eigenvalue weighted by atomic mass is 10.0. The van der Waals surface area contributed by atoms with Crippen molar-refractivity contribution in [2.24, 2.45) is 5.73 Å². The predicted molar refractivity (Wildman–Crippen MR) is 129 cm³/mol. The number of amides is 1. The van der Waals surface area contributed by atoms with Crippen LogP contribution in [0, 0.1) is 18.6 Å². The van der Waals surface area contributed by atoms with Crippen molar-refractivity contribution in [3.8, 4) is 17.2 Å². The second-order valence-corrected chi connectivity index (χ2v) is 8.21. The monoisotopic (exact) mass is 509 g/mol. The Labute approximate surface area is 208 Å². The fourth-order valence-electron chi connectivity index (χ4n) is 3.58. The van der Waals surface area contributed by atoms with E-state index in [0.29, 0.717) is 16.8 Å². The molecule has 0 radical (unpaired) electrons. The number of nitrogens with zero attached hydrogens (tertiary/aromatic N) is 2. The van der Waals surface area contributed by atoms with Gasteiger partial charge in [-0.3, -0.25) is 19.0 Å². The van der Waals surface area contributed by atoms with Crippen LogP contribution in [-0.4, -0.2) is 21.2 Å². The largest absolute Gasteiger partial charge is 0.453 e. The zero-order valence-corrected chi connectivity index (χ0v) is 19.6. The highest BCUT2D eigenvalue weighted by Crippen LogP contribution is 2.32. The number of aryl methyl sites for hydroxylation is 1. The molecule has 0 aliphatic heterocycles. The van der Waals surface area contributed by atoms with E-state index >= 15 is 0 Å². The summed E-state index contributed by atoms with van der Waals surface area (Å²) < 4.78 is 34.7. The minimum atomic E-state index is -0.866. The van der Waals surface area contributed by atoms with E-state index in [9.17, 15) is 23.2 Å². The van der Waals surface area contributed by atoms with E-state index in [4.69, 9.17) is 22.1 Å². The summed E-state index contributed by atoms with van der Waals surface area (Å²) in [7, 11) is 0. The number of carbonyl (C=O) groups is 2. The van der Waals surface area contributed by atoms with Crippen molar-refractivity contribution in [2.75, 3.05) is 0 Å². The number of primary amides is 1. The van der Waals surface area contributed by atoms with E-state index in [1.165, 1.54) is 59.4 Å². The van der Waals surface area contributed by atoms with Gasteiger partial charge in [0.25, 0.3) is 11.5 Å². The van der Waals surface area contributed by atoms with Gasteiger partial charge in [0.1, 0.15) is 22.3 Å². The third-order valence-electron chi connectivity index (χ3n) is 5.35. The zero-order chi connectivity index (χ0) is 26.0. The molecule has 0 atom stereocenters. The van der Waals surface area contributed by atoms with Crippen molar-refractivity contribution in [2.45, 2.75) is 13.3 Å². The van der Waals surface area contributed by atoms with Crippen LogP contribution in [0.2, 0.25) is 5.02 Å². The topological polar surface area (TPSA) is 104 Å². The predicted octanol–water partition coefficient (Wildman–Crippen LogP) is 4.79. The maximum absolute atomic E-state index is 14.8. The van der Waals surface area contributed by atoms with Crippen molar-refractivity contribution in [1.82, 2.24) is 9.55 Å². The first kappa shape index (κ1) is 24.7. The van der Waals surface area contributed by atoms with Gasteiger partial charge in [0, 0.05) is 30.6 Å². The molecule has 182 valence electrons. The average Bonchev–Trinajstić information content (AvgIpc) is 2.82. The zero-order valence-electron chi connectivity index (χ0n) is 18.8. The molecule has 2 heterocycles. The van der Waals surface area contributed by atoms with Gasteiger partial charge in [0.05, 0.1) is 5.56 Å². The number of ether oxygens (including phenoxy) is 1. The number of hydrogen-bond donors (Lipinski definition) is 1. The quantitative estimate of drug-likeness (QED) is 0.361. The number of rotatable bonds is 7. The molecule has 10 heteroatoms. The molecule has 0 unspecified atom stereocenters. The van der Waals surface area contributed by atoms with E-state index in [0.717, 1.165) is 6.07 Å². The molecule has 4 aromatic rings. The van der Waals surface area contributed by atoms with E-state index in [2.05, 4.69) is 4.98 Å². The SMILES string of the molecule is Cc1ccn(-c2ccc(F)cc2)c(=O)c1C(=O)Cc1ccc(Oc2ccnc(C(N)=O)c2Cl)c(F)c1. The molecular weight excluding hydrogens is 492 g/mol. The van der Waals surface area contributed by atoms with Crippen molar-refractivity contribution in [3.05, 3.63) is 116 Å². The van der Waals surface area contributed by atoms with Crippen LogP contribution in [0.25, 0.3) is 5.69 Å². The van der Waals surface area contributed by atoms with Crippen molar-refractivity contribution >= 4 is 23.3 Å². The van der Waals surface area contributed by atoms with Gasteiger partial charge in [0.2, 0.25) is 0 Å². The van der Waals surface area contributed by atoms with Crippen molar-refractivity contribution < 1.29 is 23.1 Å². The minimum absolute atomic E-state index is 0.0237. The van der Waals surface area contributed by atoms with Crippen LogP contribution in [0.15, 0.2) is 71.8 Å². The summed E-state index contributed by atoms with van der Waals surface area (Å²) in [5.74, 6) is -2.85. The lowest BCUT2D eigenvalue weighted by Crippen LogP contribution is -2.27. The highest BCUT2D eigenvalue weighted by atomic mass is 35.5. The maximum atomic E-state index is 14.8. The molecule has 0 spiro atoms.